The van der Waals surface area contributed by atoms with Gasteiger partial charge in [-0.1, -0.05) is 0 Å². The van der Waals surface area contributed by atoms with Crippen LogP contribution in [0.25, 0.3) is 0 Å². The average molecular weight is 351 g/mol. The molecule has 0 atom stereocenters. The maximum atomic E-state index is 5.84. The summed E-state index contributed by atoms with van der Waals surface area (Å²) in [4.78, 5) is 0. The molecule has 17 heavy (non-hydrogen) atoms. The fraction of sp³-hybridized carbons (Fsp3) is 1.00. The summed E-state index contributed by atoms with van der Waals surface area (Å²) in [6, 6.07) is 0. The Labute approximate surface area is 113 Å². The molecule has 0 aliphatic heterocycles. The van der Waals surface area contributed by atoms with E-state index in [-0.39, 0.29) is 0 Å². The van der Waals surface area contributed by atoms with E-state index in [9.17, 15) is 0 Å². The minimum atomic E-state index is -2.62. The van der Waals surface area contributed by atoms with Crippen LogP contribution >= 0.6 is 0 Å². The van der Waals surface area contributed by atoms with Crippen LogP contribution in [0.1, 0.15) is 65.2 Å². The van der Waals surface area contributed by atoms with Gasteiger partial charge in [0.1, 0.15) is 0 Å². The van der Waals surface area contributed by atoms with Gasteiger partial charge in [-0.2, -0.15) is 0 Å². The van der Waals surface area contributed by atoms with E-state index in [1.807, 2.05) is 14.2 Å². The molecule has 0 bridgehead atoms. The molecule has 104 valence electrons. The second-order valence-corrected chi connectivity index (χ2v) is 15.3. The molecule has 0 fully saturated rings. The second-order valence-electron chi connectivity index (χ2n) is 4.94. The van der Waals surface area contributed by atoms with Crippen LogP contribution in [-0.4, -0.2) is 33.4 Å². The minimum absolute atomic E-state index is 1.24. The van der Waals surface area contributed by atoms with Crippen LogP contribution in [0, 0.1) is 0 Å². The number of unbranched alkanes of at least 4 members (excludes halogenated alkanes) is 6. The molecule has 0 radical (unpaired) electrons. The van der Waals surface area contributed by atoms with Gasteiger partial charge in [0.25, 0.3) is 0 Å². The quantitative estimate of drug-likeness (QED) is 0.369. The van der Waals surface area contributed by atoms with E-state index in [1.54, 1.807) is 0 Å². The summed E-state index contributed by atoms with van der Waals surface area (Å²) in [5.41, 5.74) is 0. The zero-order valence-corrected chi connectivity index (χ0v) is 15.2. The van der Waals surface area contributed by atoms with Crippen molar-refractivity contribution in [2.45, 2.75) is 74.1 Å². The molecule has 3 heteroatoms. The van der Waals surface area contributed by atoms with Gasteiger partial charge in [-0.25, -0.2) is 0 Å². The van der Waals surface area contributed by atoms with E-state index < -0.39 is 19.2 Å². The first-order valence-corrected chi connectivity index (χ1v) is 13.7. The van der Waals surface area contributed by atoms with Crippen molar-refractivity contribution in [3.05, 3.63) is 0 Å². The number of rotatable bonds is 12. The van der Waals surface area contributed by atoms with E-state index in [1.165, 1.54) is 60.2 Å². The van der Waals surface area contributed by atoms with Crippen LogP contribution in [-0.2, 0) is 6.15 Å². The van der Waals surface area contributed by atoms with E-state index in [0.717, 1.165) is 0 Å². The van der Waals surface area contributed by atoms with Gasteiger partial charge in [0.05, 0.1) is 0 Å². The van der Waals surface area contributed by atoms with Crippen LogP contribution in [0.5, 0.6) is 0 Å². The Hall–Kier alpha value is 0.719. The summed E-state index contributed by atoms with van der Waals surface area (Å²) < 4.78 is 14.2. The zero-order valence-electron chi connectivity index (χ0n) is 12.4. The fourth-order valence-corrected chi connectivity index (χ4v) is 10.3. The third-order valence-electron chi connectivity index (χ3n) is 3.57. The molecular formula is C14H32O2Sn. The van der Waals surface area contributed by atoms with Gasteiger partial charge in [-0.05, 0) is 0 Å². The summed E-state index contributed by atoms with van der Waals surface area (Å²) in [6.07, 6.45) is 10.6. The summed E-state index contributed by atoms with van der Waals surface area (Å²) in [7, 11) is 3.75. The molecule has 0 unspecified atom stereocenters. The predicted octanol–water partition coefficient (Wildman–Crippen LogP) is 4.88. The fourth-order valence-electron chi connectivity index (χ4n) is 2.26. The Morgan fingerprint density at radius 2 is 1.06 bits per heavy atom. The molecule has 2 nitrogen and oxygen atoms in total. The Kier molecular flexibility index (Phi) is 12.3. The van der Waals surface area contributed by atoms with Crippen LogP contribution in [0.2, 0.25) is 8.87 Å². The van der Waals surface area contributed by atoms with Gasteiger partial charge in [-0.15, -0.1) is 0 Å². The first-order chi connectivity index (χ1) is 8.24. The van der Waals surface area contributed by atoms with Gasteiger partial charge in [0, 0.05) is 0 Å². The van der Waals surface area contributed by atoms with Crippen molar-refractivity contribution in [3.8, 4) is 0 Å². The first-order valence-electron chi connectivity index (χ1n) is 7.35. The second kappa shape index (κ2) is 11.8. The van der Waals surface area contributed by atoms with Gasteiger partial charge in [0.2, 0.25) is 0 Å². The summed E-state index contributed by atoms with van der Waals surface area (Å²) >= 11 is -2.62. The molecule has 0 heterocycles. The number of hydrogen-bond acceptors (Lipinski definition) is 2. The molecule has 0 aromatic heterocycles. The average Bonchev–Trinajstić information content (AvgIpc) is 2.37. The van der Waals surface area contributed by atoms with Crippen molar-refractivity contribution in [3.63, 3.8) is 0 Å². The van der Waals surface area contributed by atoms with Crippen molar-refractivity contribution in [2.24, 2.45) is 0 Å². The number of hydrogen-bond donors (Lipinski definition) is 0. The normalized spacial score (nSPS) is 12.0. The van der Waals surface area contributed by atoms with Crippen molar-refractivity contribution < 1.29 is 6.15 Å². The van der Waals surface area contributed by atoms with E-state index in [4.69, 9.17) is 6.15 Å². The molecule has 0 aliphatic rings. The van der Waals surface area contributed by atoms with E-state index >= 15 is 0 Å². The van der Waals surface area contributed by atoms with Gasteiger partial charge >= 0.3 is 114 Å². The van der Waals surface area contributed by atoms with Crippen molar-refractivity contribution in [2.75, 3.05) is 14.2 Å². The molecule has 0 rings (SSSR count). The standard InChI is InChI=1S/2C6H13.2CH3O.Sn/c2*1-3-5-6-4-2;2*1-2;/h2*1,3-6H2,2H3;2*1H3;/q;;2*-1;+2. The Balaban J connectivity index is 3.88. The SMILES string of the molecule is CCCCC[CH2][Sn]([CH2]CCCCC)([O]C)[O]C. The maximum absolute atomic E-state index is 5.84. The van der Waals surface area contributed by atoms with Crippen LogP contribution in [0.4, 0.5) is 0 Å². The van der Waals surface area contributed by atoms with Crippen molar-refractivity contribution >= 4 is 19.2 Å². The third kappa shape index (κ3) is 8.44. The zero-order chi connectivity index (χ0) is 13.0. The summed E-state index contributed by atoms with van der Waals surface area (Å²) in [5, 5.41) is 0. The molecule has 0 saturated heterocycles. The summed E-state index contributed by atoms with van der Waals surface area (Å²) in [5.74, 6) is 0. The molecule has 0 N–H and O–H groups in total. The molecule has 0 aromatic rings. The Bertz CT molecular complexity index is 144. The van der Waals surface area contributed by atoms with Crippen LogP contribution < -0.4 is 0 Å². The third-order valence-corrected chi connectivity index (χ3v) is 14.2. The summed E-state index contributed by atoms with van der Waals surface area (Å²) in [6.45, 7) is 4.52. The van der Waals surface area contributed by atoms with Crippen LogP contribution in [0.3, 0.4) is 0 Å². The molecule has 0 aliphatic carbocycles. The van der Waals surface area contributed by atoms with Gasteiger partial charge < -0.3 is 0 Å². The molecular weight excluding hydrogens is 319 g/mol. The molecule has 0 aromatic carbocycles. The topological polar surface area (TPSA) is 18.5 Å². The van der Waals surface area contributed by atoms with Gasteiger partial charge in [-0.3, -0.25) is 0 Å². The Morgan fingerprint density at radius 3 is 1.35 bits per heavy atom. The predicted molar refractivity (Wildman–Crippen MR) is 77.7 cm³/mol. The molecule has 0 spiro atoms. The van der Waals surface area contributed by atoms with E-state index in [2.05, 4.69) is 13.8 Å². The molecule has 0 amide bonds. The van der Waals surface area contributed by atoms with Crippen LogP contribution in [0.15, 0.2) is 0 Å². The molecule has 0 saturated carbocycles. The van der Waals surface area contributed by atoms with Crippen molar-refractivity contribution in [1.29, 1.82) is 0 Å². The first kappa shape index (κ1) is 17.7. The van der Waals surface area contributed by atoms with Crippen molar-refractivity contribution in [1.82, 2.24) is 0 Å². The monoisotopic (exact) mass is 352 g/mol. The van der Waals surface area contributed by atoms with E-state index in [0.29, 0.717) is 0 Å². The Morgan fingerprint density at radius 1 is 0.647 bits per heavy atom. The van der Waals surface area contributed by atoms with Gasteiger partial charge in [0.15, 0.2) is 0 Å².